The van der Waals surface area contributed by atoms with Crippen molar-refractivity contribution in [2.75, 3.05) is 5.32 Å². The Kier molecular flexibility index (Phi) is 5.51. The lowest BCUT2D eigenvalue weighted by atomic mass is 10.2. The van der Waals surface area contributed by atoms with Crippen LogP contribution in [0.2, 0.25) is 5.02 Å². The topological polar surface area (TPSA) is 108 Å². The van der Waals surface area contributed by atoms with Crippen LogP contribution in [0, 0.1) is 17.0 Å². The summed E-state index contributed by atoms with van der Waals surface area (Å²) in [6.45, 7) is 2.71. The number of carbonyl (C=O) groups excluding carboxylic acids is 1. The molecule has 0 atom stereocenters. The number of nitrogens with zero attached hydrogens (tertiary/aromatic N) is 5. The van der Waals surface area contributed by atoms with Gasteiger partial charge in [0.2, 0.25) is 5.91 Å². The van der Waals surface area contributed by atoms with E-state index in [1.165, 1.54) is 10.9 Å². The molecule has 2 aromatic heterocycles. The van der Waals surface area contributed by atoms with Gasteiger partial charge < -0.3 is 5.32 Å². The van der Waals surface area contributed by atoms with Crippen molar-refractivity contribution in [2.24, 2.45) is 0 Å². The maximum atomic E-state index is 12.1. The summed E-state index contributed by atoms with van der Waals surface area (Å²) < 4.78 is 3.15. The fraction of sp³-hybridized carbons (Fsp3) is 0.235. The number of aromatic nitrogens is 4. The summed E-state index contributed by atoms with van der Waals surface area (Å²) in [7, 11) is 0. The predicted molar refractivity (Wildman–Crippen MR) is 99.6 cm³/mol. The van der Waals surface area contributed by atoms with E-state index in [1.54, 1.807) is 10.7 Å². The number of aryl methyl sites for hydroxylation is 2. The van der Waals surface area contributed by atoms with Crippen LogP contribution >= 0.6 is 11.6 Å². The highest BCUT2D eigenvalue weighted by atomic mass is 35.5. The quantitative estimate of drug-likeness (QED) is 0.494. The van der Waals surface area contributed by atoms with Crippen LogP contribution in [0.15, 0.2) is 42.7 Å². The minimum Gasteiger partial charge on any atom is -0.309 e. The summed E-state index contributed by atoms with van der Waals surface area (Å²) in [5.41, 5.74) is 1.85. The number of rotatable bonds is 7. The molecule has 140 valence electrons. The van der Waals surface area contributed by atoms with Gasteiger partial charge >= 0.3 is 5.69 Å². The second-order valence-corrected chi connectivity index (χ2v) is 6.41. The fourth-order valence-corrected chi connectivity index (χ4v) is 2.61. The van der Waals surface area contributed by atoms with E-state index < -0.39 is 4.92 Å². The van der Waals surface area contributed by atoms with Crippen LogP contribution in [0.1, 0.15) is 17.7 Å². The van der Waals surface area contributed by atoms with E-state index in [9.17, 15) is 14.9 Å². The third-order valence-corrected chi connectivity index (χ3v) is 4.14. The van der Waals surface area contributed by atoms with E-state index in [1.807, 2.05) is 31.2 Å². The van der Waals surface area contributed by atoms with Crippen molar-refractivity contribution in [1.82, 2.24) is 19.6 Å². The largest absolute Gasteiger partial charge is 0.309 e. The van der Waals surface area contributed by atoms with Crippen LogP contribution in [0.5, 0.6) is 0 Å². The van der Waals surface area contributed by atoms with Gasteiger partial charge in [-0.3, -0.25) is 24.3 Å². The second-order valence-electron chi connectivity index (χ2n) is 5.97. The van der Waals surface area contributed by atoms with Gasteiger partial charge in [0.15, 0.2) is 5.82 Å². The van der Waals surface area contributed by atoms with Gasteiger partial charge in [-0.2, -0.15) is 10.2 Å². The van der Waals surface area contributed by atoms with Crippen molar-refractivity contribution in [3.05, 3.63) is 69.1 Å². The summed E-state index contributed by atoms with van der Waals surface area (Å²) in [5.74, 6) is 0.210. The number of nitrogens with one attached hydrogen (secondary N) is 1. The van der Waals surface area contributed by atoms with Gasteiger partial charge in [-0.25, -0.2) is 0 Å². The molecule has 1 aromatic carbocycles. The Labute approximate surface area is 159 Å². The molecule has 3 aromatic rings. The highest BCUT2D eigenvalue weighted by Gasteiger charge is 2.11. The molecule has 0 saturated carbocycles. The first-order valence-corrected chi connectivity index (χ1v) is 8.54. The Morgan fingerprint density at radius 3 is 2.74 bits per heavy atom. The van der Waals surface area contributed by atoms with Crippen LogP contribution in [-0.2, 0) is 17.9 Å². The number of hydrogen-bond donors (Lipinski definition) is 1. The normalized spacial score (nSPS) is 10.7. The fourth-order valence-electron chi connectivity index (χ4n) is 2.48. The van der Waals surface area contributed by atoms with Gasteiger partial charge in [0.25, 0.3) is 0 Å². The Bertz CT molecular complexity index is 963. The van der Waals surface area contributed by atoms with Gasteiger partial charge in [-0.1, -0.05) is 23.7 Å². The first kappa shape index (κ1) is 18.6. The molecule has 3 rings (SSSR count). The first-order valence-electron chi connectivity index (χ1n) is 8.16. The number of nitro groups is 1. The SMILES string of the molecule is Cc1cc(NC(=O)CCn2cc([N+](=O)[O-])cn2)nn1Cc1ccc(Cl)cc1. The molecule has 0 spiro atoms. The van der Waals surface area contributed by atoms with Crippen molar-refractivity contribution < 1.29 is 9.72 Å². The van der Waals surface area contributed by atoms with Gasteiger partial charge in [0, 0.05) is 29.7 Å². The average molecular weight is 389 g/mol. The number of halogens is 1. The molecule has 0 unspecified atom stereocenters. The second kappa shape index (κ2) is 8.00. The number of anilines is 1. The molecule has 0 aliphatic carbocycles. The Hall–Kier alpha value is -3.20. The minimum atomic E-state index is -0.528. The summed E-state index contributed by atoms with van der Waals surface area (Å²) >= 11 is 5.89. The maximum absolute atomic E-state index is 12.1. The van der Waals surface area contributed by atoms with Crippen molar-refractivity contribution in [3.8, 4) is 0 Å². The van der Waals surface area contributed by atoms with Gasteiger partial charge in [-0.05, 0) is 24.6 Å². The van der Waals surface area contributed by atoms with Crippen molar-refractivity contribution in [3.63, 3.8) is 0 Å². The monoisotopic (exact) mass is 388 g/mol. The zero-order valence-corrected chi connectivity index (χ0v) is 15.3. The molecule has 0 radical (unpaired) electrons. The van der Waals surface area contributed by atoms with Crippen molar-refractivity contribution in [2.45, 2.75) is 26.4 Å². The molecule has 1 N–H and O–H groups in total. The lowest BCUT2D eigenvalue weighted by Crippen LogP contribution is -2.15. The molecule has 1 amide bonds. The average Bonchev–Trinajstić information content (AvgIpc) is 3.22. The minimum absolute atomic E-state index is 0.105. The first-order chi connectivity index (χ1) is 12.9. The molecular formula is C17H17ClN6O3. The van der Waals surface area contributed by atoms with Crippen LogP contribution < -0.4 is 5.32 Å². The third kappa shape index (κ3) is 4.91. The summed E-state index contributed by atoms with van der Waals surface area (Å²) in [6, 6.07) is 9.26. The van der Waals surface area contributed by atoms with Crippen LogP contribution in [0.4, 0.5) is 11.5 Å². The molecule has 0 saturated heterocycles. The number of hydrogen-bond acceptors (Lipinski definition) is 5. The zero-order chi connectivity index (χ0) is 19.4. The predicted octanol–water partition coefficient (Wildman–Crippen LogP) is 3.03. The summed E-state index contributed by atoms with van der Waals surface area (Å²) in [4.78, 5) is 22.2. The van der Waals surface area contributed by atoms with E-state index in [4.69, 9.17) is 11.6 Å². The molecule has 0 bridgehead atoms. The molecule has 0 fully saturated rings. The van der Waals surface area contributed by atoms with Crippen LogP contribution in [0.3, 0.4) is 0 Å². The van der Waals surface area contributed by atoms with E-state index in [0.717, 1.165) is 17.5 Å². The van der Waals surface area contributed by atoms with E-state index in [2.05, 4.69) is 15.5 Å². The van der Waals surface area contributed by atoms with Crippen LogP contribution in [-0.4, -0.2) is 30.4 Å². The Morgan fingerprint density at radius 2 is 2.07 bits per heavy atom. The van der Waals surface area contributed by atoms with Crippen molar-refractivity contribution in [1.29, 1.82) is 0 Å². The Morgan fingerprint density at radius 1 is 1.33 bits per heavy atom. The van der Waals surface area contributed by atoms with E-state index >= 15 is 0 Å². The number of carbonyl (C=O) groups is 1. The molecule has 0 aliphatic heterocycles. The van der Waals surface area contributed by atoms with Gasteiger partial charge in [0.05, 0.1) is 11.5 Å². The standard InChI is InChI=1S/C17H17ClN6O3/c1-12-8-16(21-23(12)10-13-2-4-14(18)5-3-13)20-17(25)6-7-22-11-15(9-19-22)24(26)27/h2-5,8-9,11H,6-7,10H2,1H3,(H,20,21,25). The van der Waals surface area contributed by atoms with Crippen molar-refractivity contribution >= 4 is 29.0 Å². The Balaban J connectivity index is 1.56. The lowest BCUT2D eigenvalue weighted by molar-refractivity contribution is -0.385. The van der Waals surface area contributed by atoms with E-state index in [-0.39, 0.29) is 24.6 Å². The lowest BCUT2D eigenvalue weighted by Gasteiger charge is -2.05. The molecule has 0 aliphatic rings. The highest BCUT2D eigenvalue weighted by Crippen LogP contribution is 2.14. The third-order valence-electron chi connectivity index (χ3n) is 3.89. The zero-order valence-electron chi connectivity index (χ0n) is 14.5. The molecule has 27 heavy (non-hydrogen) atoms. The highest BCUT2D eigenvalue weighted by molar-refractivity contribution is 6.30. The van der Waals surface area contributed by atoms with Crippen LogP contribution in [0.25, 0.3) is 0 Å². The van der Waals surface area contributed by atoms with E-state index in [0.29, 0.717) is 17.4 Å². The summed E-state index contributed by atoms with van der Waals surface area (Å²) in [5, 5.41) is 22.3. The molecular weight excluding hydrogens is 372 g/mol. The van der Waals surface area contributed by atoms with Gasteiger partial charge in [-0.15, -0.1) is 0 Å². The van der Waals surface area contributed by atoms with Gasteiger partial charge in [0.1, 0.15) is 12.4 Å². The molecule has 2 heterocycles. The smallest absolute Gasteiger partial charge is 0.306 e. The maximum Gasteiger partial charge on any atom is 0.306 e. The molecule has 10 heteroatoms. The molecule has 9 nitrogen and oxygen atoms in total. The number of amides is 1. The summed E-state index contributed by atoms with van der Waals surface area (Å²) in [6.07, 6.45) is 2.57. The number of benzene rings is 1.